The molecule has 1 saturated heterocycles. The van der Waals surface area contributed by atoms with Crippen LogP contribution in [-0.4, -0.2) is 18.3 Å². The fraction of sp³-hybridized carbons (Fsp3) is 0.400. The van der Waals surface area contributed by atoms with Crippen molar-refractivity contribution in [3.63, 3.8) is 0 Å². The Hall–Kier alpha value is -0.450. The number of ether oxygens (including phenoxy) is 1. The van der Waals surface area contributed by atoms with E-state index in [0.717, 1.165) is 0 Å². The number of aliphatic hydroxyl groups is 1. The van der Waals surface area contributed by atoms with Crippen molar-refractivity contribution < 1.29 is 14.2 Å². The van der Waals surface area contributed by atoms with Crippen LogP contribution >= 0.6 is 15.9 Å². The quantitative estimate of drug-likeness (QED) is 0.839. The molecule has 1 aromatic carbocycles. The lowest BCUT2D eigenvalue weighted by Crippen LogP contribution is -2.47. The third-order valence-corrected chi connectivity index (χ3v) is 3.13. The van der Waals surface area contributed by atoms with Crippen LogP contribution in [0.3, 0.4) is 0 Å². The van der Waals surface area contributed by atoms with E-state index in [1.54, 1.807) is 19.1 Å². The van der Waals surface area contributed by atoms with Crippen LogP contribution in [0.4, 0.5) is 4.39 Å². The maximum absolute atomic E-state index is 13.5. The van der Waals surface area contributed by atoms with Crippen LogP contribution in [0.2, 0.25) is 0 Å². The normalized spacial score (nSPS) is 19.1. The summed E-state index contributed by atoms with van der Waals surface area (Å²) < 4.78 is 18.8. The van der Waals surface area contributed by atoms with Crippen molar-refractivity contribution in [2.45, 2.75) is 12.5 Å². The molecule has 4 heteroatoms. The molecule has 0 atom stereocenters. The highest BCUT2D eigenvalue weighted by Gasteiger charge is 2.39. The van der Waals surface area contributed by atoms with Gasteiger partial charge in [-0.1, -0.05) is 6.07 Å². The Morgan fingerprint density at radius 2 is 2.14 bits per heavy atom. The molecule has 1 aliphatic heterocycles. The molecule has 0 radical (unpaired) electrons. The minimum absolute atomic E-state index is 0.245. The van der Waals surface area contributed by atoms with Gasteiger partial charge in [-0.25, -0.2) is 4.39 Å². The molecule has 0 saturated carbocycles. The number of hydrogen-bond donors (Lipinski definition) is 1. The number of rotatable bonds is 1. The van der Waals surface area contributed by atoms with Gasteiger partial charge in [0.1, 0.15) is 11.4 Å². The van der Waals surface area contributed by atoms with Gasteiger partial charge in [0.15, 0.2) is 0 Å². The molecule has 2 rings (SSSR count). The van der Waals surface area contributed by atoms with Crippen molar-refractivity contribution in [3.05, 3.63) is 33.5 Å². The molecule has 76 valence electrons. The van der Waals surface area contributed by atoms with E-state index >= 15 is 0 Å². The van der Waals surface area contributed by atoms with Gasteiger partial charge in [0, 0.05) is 0 Å². The Kier molecular flexibility index (Phi) is 2.37. The lowest BCUT2D eigenvalue weighted by Gasteiger charge is -2.37. The van der Waals surface area contributed by atoms with Crippen molar-refractivity contribution in [1.29, 1.82) is 0 Å². The molecular formula is C10H10BrFO2. The molecule has 1 fully saturated rings. The second kappa shape index (κ2) is 3.29. The van der Waals surface area contributed by atoms with Gasteiger partial charge in [-0.05, 0) is 40.0 Å². The molecule has 1 aromatic rings. The third kappa shape index (κ3) is 1.38. The first-order valence-electron chi connectivity index (χ1n) is 4.30. The van der Waals surface area contributed by atoms with Crippen molar-refractivity contribution in [1.82, 2.24) is 0 Å². The standard InChI is InChI=1S/C10H10BrFO2/c1-6-7(10(13)4-14-5-10)2-3-8(11)9(6)12/h2-3,13H,4-5H2,1H3. The molecule has 0 spiro atoms. The number of benzene rings is 1. The van der Waals surface area contributed by atoms with Crippen LogP contribution in [0.5, 0.6) is 0 Å². The summed E-state index contributed by atoms with van der Waals surface area (Å²) in [6.07, 6.45) is 0. The molecular weight excluding hydrogens is 251 g/mol. The summed E-state index contributed by atoms with van der Waals surface area (Å²) in [5.74, 6) is -0.317. The highest BCUT2D eigenvalue weighted by molar-refractivity contribution is 9.10. The van der Waals surface area contributed by atoms with Crippen LogP contribution in [0.1, 0.15) is 11.1 Å². The smallest absolute Gasteiger partial charge is 0.140 e. The molecule has 0 aliphatic carbocycles. The lowest BCUT2D eigenvalue weighted by atomic mass is 9.88. The third-order valence-electron chi connectivity index (χ3n) is 2.52. The summed E-state index contributed by atoms with van der Waals surface area (Å²) in [5, 5.41) is 9.97. The molecule has 0 aromatic heterocycles. The van der Waals surface area contributed by atoms with E-state index in [-0.39, 0.29) is 19.0 Å². The van der Waals surface area contributed by atoms with Gasteiger partial charge in [-0.15, -0.1) is 0 Å². The Morgan fingerprint density at radius 3 is 2.64 bits per heavy atom. The minimum atomic E-state index is -0.994. The Morgan fingerprint density at radius 1 is 1.50 bits per heavy atom. The second-order valence-corrected chi connectivity index (χ2v) is 4.41. The maximum atomic E-state index is 13.5. The summed E-state index contributed by atoms with van der Waals surface area (Å²) in [5.41, 5.74) is 0.0978. The van der Waals surface area contributed by atoms with E-state index in [1.165, 1.54) is 0 Å². The van der Waals surface area contributed by atoms with E-state index in [2.05, 4.69) is 15.9 Å². The van der Waals surface area contributed by atoms with E-state index < -0.39 is 5.60 Å². The fourth-order valence-corrected chi connectivity index (χ4v) is 2.04. The van der Waals surface area contributed by atoms with Crippen LogP contribution in [0, 0.1) is 12.7 Å². The zero-order valence-electron chi connectivity index (χ0n) is 7.68. The Bertz CT molecular complexity index is 375. The Balaban J connectivity index is 2.49. The summed E-state index contributed by atoms with van der Waals surface area (Å²) in [6.45, 7) is 2.15. The van der Waals surface area contributed by atoms with E-state index in [1.807, 2.05) is 0 Å². The van der Waals surface area contributed by atoms with Crippen molar-refractivity contribution in [2.24, 2.45) is 0 Å². The first-order chi connectivity index (χ1) is 6.54. The van der Waals surface area contributed by atoms with E-state index in [9.17, 15) is 9.50 Å². The maximum Gasteiger partial charge on any atom is 0.140 e. The van der Waals surface area contributed by atoms with Crippen molar-refractivity contribution in [3.8, 4) is 0 Å². The zero-order chi connectivity index (χ0) is 10.3. The molecule has 0 unspecified atom stereocenters. The topological polar surface area (TPSA) is 29.5 Å². The van der Waals surface area contributed by atoms with Crippen LogP contribution in [0.25, 0.3) is 0 Å². The molecule has 14 heavy (non-hydrogen) atoms. The van der Waals surface area contributed by atoms with Gasteiger partial charge >= 0.3 is 0 Å². The second-order valence-electron chi connectivity index (χ2n) is 3.56. The molecule has 1 N–H and O–H groups in total. The SMILES string of the molecule is Cc1c(C2(O)COC2)ccc(Br)c1F. The fourth-order valence-electron chi connectivity index (χ4n) is 1.61. The molecule has 0 bridgehead atoms. The first kappa shape index (κ1) is 10.1. The van der Waals surface area contributed by atoms with Gasteiger partial charge in [0.2, 0.25) is 0 Å². The highest BCUT2D eigenvalue weighted by atomic mass is 79.9. The number of halogens is 2. The van der Waals surface area contributed by atoms with Crippen molar-refractivity contribution in [2.75, 3.05) is 13.2 Å². The average Bonchev–Trinajstić information content (AvgIpc) is 2.11. The van der Waals surface area contributed by atoms with Crippen LogP contribution < -0.4 is 0 Å². The minimum Gasteiger partial charge on any atom is -0.380 e. The summed E-state index contributed by atoms with van der Waals surface area (Å²) >= 11 is 3.10. The monoisotopic (exact) mass is 260 g/mol. The molecule has 2 nitrogen and oxygen atoms in total. The summed E-state index contributed by atoms with van der Waals surface area (Å²) in [4.78, 5) is 0. The van der Waals surface area contributed by atoms with Gasteiger partial charge in [-0.3, -0.25) is 0 Å². The van der Waals surface area contributed by atoms with E-state index in [0.29, 0.717) is 15.6 Å². The molecule has 0 amide bonds. The predicted molar refractivity (Wildman–Crippen MR) is 53.6 cm³/mol. The molecule has 1 heterocycles. The average molecular weight is 261 g/mol. The lowest BCUT2D eigenvalue weighted by molar-refractivity contribution is -0.185. The Labute approximate surface area is 89.8 Å². The van der Waals surface area contributed by atoms with Crippen LogP contribution in [-0.2, 0) is 10.3 Å². The predicted octanol–water partition coefficient (Wildman–Crippen LogP) is 2.11. The summed E-state index contributed by atoms with van der Waals surface area (Å²) in [6, 6.07) is 3.33. The van der Waals surface area contributed by atoms with E-state index in [4.69, 9.17) is 4.74 Å². The van der Waals surface area contributed by atoms with Gasteiger partial charge < -0.3 is 9.84 Å². The zero-order valence-corrected chi connectivity index (χ0v) is 9.27. The largest absolute Gasteiger partial charge is 0.380 e. The highest BCUT2D eigenvalue weighted by Crippen LogP contribution is 2.34. The van der Waals surface area contributed by atoms with Gasteiger partial charge in [-0.2, -0.15) is 0 Å². The van der Waals surface area contributed by atoms with Crippen LogP contribution in [0.15, 0.2) is 16.6 Å². The van der Waals surface area contributed by atoms with Gasteiger partial charge in [0.05, 0.1) is 17.7 Å². The van der Waals surface area contributed by atoms with Gasteiger partial charge in [0.25, 0.3) is 0 Å². The molecule has 1 aliphatic rings. The number of hydrogen-bond acceptors (Lipinski definition) is 2. The summed E-state index contributed by atoms with van der Waals surface area (Å²) in [7, 11) is 0. The van der Waals surface area contributed by atoms with Crippen molar-refractivity contribution >= 4 is 15.9 Å². The first-order valence-corrected chi connectivity index (χ1v) is 5.09.